The number of aryl methyl sites for hydroxylation is 2. The number of amides is 1. The Kier molecular flexibility index (Phi) is 6.08. The van der Waals surface area contributed by atoms with Crippen LogP contribution >= 0.6 is 11.6 Å². The molecule has 0 aliphatic carbocycles. The van der Waals surface area contributed by atoms with Crippen LogP contribution in [0, 0.1) is 13.8 Å². The van der Waals surface area contributed by atoms with Crippen molar-refractivity contribution in [3.63, 3.8) is 0 Å². The molecular formula is C18H21ClN2O3S. The third kappa shape index (κ3) is 5.47. The highest BCUT2D eigenvalue weighted by atomic mass is 35.5. The van der Waals surface area contributed by atoms with Gasteiger partial charge in [-0.1, -0.05) is 23.7 Å². The van der Waals surface area contributed by atoms with Crippen LogP contribution in [0.1, 0.15) is 17.5 Å². The third-order valence-electron chi connectivity index (χ3n) is 3.83. The lowest BCUT2D eigenvalue weighted by Gasteiger charge is -2.22. The Labute approximate surface area is 153 Å². The van der Waals surface area contributed by atoms with Crippen molar-refractivity contribution >= 4 is 38.9 Å². The summed E-state index contributed by atoms with van der Waals surface area (Å²) in [5.74, 6) is -0.251. The summed E-state index contributed by atoms with van der Waals surface area (Å²) in [5, 5.41) is 3.23. The van der Waals surface area contributed by atoms with Crippen molar-refractivity contribution in [1.82, 2.24) is 0 Å². The molecule has 134 valence electrons. The first kappa shape index (κ1) is 19.3. The van der Waals surface area contributed by atoms with Gasteiger partial charge in [0.05, 0.1) is 11.9 Å². The first-order valence-electron chi connectivity index (χ1n) is 7.77. The van der Waals surface area contributed by atoms with Gasteiger partial charge in [-0.2, -0.15) is 0 Å². The van der Waals surface area contributed by atoms with Gasteiger partial charge in [-0.3, -0.25) is 9.10 Å². The van der Waals surface area contributed by atoms with E-state index in [0.717, 1.165) is 17.4 Å². The third-order valence-corrected chi connectivity index (χ3v) is 5.26. The van der Waals surface area contributed by atoms with Crippen molar-refractivity contribution in [2.24, 2.45) is 0 Å². The predicted molar refractivity (Wildman–Crippen MR) is 103 cm³/mol. The Hall–Kier alpha value is -2.05. The van der Waals surface area contributed by atoms with E-state index in [0.29, 0.717) is 16.4 Å². The number of sulfonamides is 1. The molecule has 1 N–H and O–H groups in total. The second-order valence-corrected chi connectivity index (χ2v) is 8.26. The van der Waals surface area contributed by atoms with Crippen molar-refractivity contribution in [3.05, 3.63) is 58.6 Å². The molecule has 0 aliphatic rings. The second-order valence-electron chi connectivity index (χ2n) is 5.91. The molecule has 0 radical (unpaired) electrons. The normalized spacial score (nSPS) is 11.2. The zero-order valence-electron chi connectivity index (χ0n) is 14.4. The van der Waals surface area contributed by atoms with Crippen LogP contribution in [0.15, 0.2) is 42.5 Å². The van der Waals surface area contributed by atoms with Crippen molar-refractivity contribution in [1.29, 1.82) is 0 Å². The number of halogens is 1. The minimum absolute atomic E-state index is 0.0342. The van der Waals surface area contributed by atoms with Gasteiger partial charge in [0, 0.05) is 23.7 Å². The standard InChI is InChI=1S/C18H21ClN2O3S/c1-13-7-8-16(11-14(13)2)20-18(22)9-10-21(25(3,23)24)17-6-4-5-15(19)12-17/h4-8,11-12H,9-10H2,1-3H3,(H,20,22). The molecule has 0 aromatic heterocycles. The van der Waals surface area contributed by atoms with E-state index in [-0.39, 0.29) is 18.9 Å². The quantitative estimate of drug-likeness (QED) is 0.829. The molecule has 0 saturated carbocycles. The molecule has 7 heteroatoms. The van der Waals surface area contributed by atoms with Crippen molar-refractivity contribution in [2.45, 2.75) is 20.3 Å². The minimum atomic E-state index is -3.52. The summed E-state index contributed by atoms with van der Waals surface area (Å²) in [5.41, 5.74) is 3.35. The lowest BCUT2D eigenvalue weighted by molar-refractivity contribution is -0.116. The number of carbonyl (C=O) groups is 1. The molecule has 0 aliphatic heterocycles. The molecule has 0 saturated heterocycles. The number of hydrogen-bond acceptors (Lipinski definition) is 3. The van der Waals surface area contributed by atoms with Gasteiger partial charge in [0.1, 0.15) is 0 Å². The van der Waals surface area contributed by atoms with E-state index in [1.807, 2.05) is 32.0 Å². The molecule has 2 aromatic carbocycles. The van der Waals surface area contributed by atoms with Crippen molar-refractivity contribution in [3.8, 4) is 0 Å². The molecule has 2 aromatic rings. The largest absolute Gasteiger partial charge is 0.326 e. The maximum atomic E-state index is 12.2. The highest BCUT2D eigenvalue weighted by molar-refractivity contribution is 7.92. The Morgan fingerprint density at radius 3 is 2.44 bits per heavy atom. The highest BCUT2D eigenvalue weighted by Gasteiger charge is 2.19. The van der Waals surface area contributed by atoms with E-state index in [1.54, 1.807) is 24.3 Å². The van der Waals surface area contributed by atoms with Crippen LogP contribution in [-0.2, 0) is 14.8 Å². The van der Waals surface area contributed by atoms with Gasteiger partial charge in [-0.25, -0.2) is 8.42 Å². The van der Waals surface area contributed by atoms with Gasteiger partial charge in [0.25, 0.3) is 0 Å². The number of nitrogens with one attached hydrogen (secondary N) is 1. The number of nitrogens with zero attached hydrogens (tertiary/aromatic N) is 1. The van der Waals surface area contributed by atoms with Crippen LogP contribution in [0.3, 0.4) is 0 Å². The van der Waals surface area contributed by atoms with E-state index in [1.165, 1.54) is 4.31 Å². The average Bonchev–Trinajstić information content (AvgIpc) is 2.50. The summed E-state index contributed by atoms with van der Waals surface area (Å²) in [6, 6.07) is 12.2. The first-order valence-corrected chi connectivity index (χ1v) is 10.00. The zero-order valence-corrected chi connectivity index (χ0v) is 16.0. The number of hydrogen-bond donors (Lipinski definition) is 1. The van der Waals surface area contributed by atoms with E-state index in [9.17, 15) is 13.2 Å². The van der Waals surface area contributed by atoms with E-state index >= 15 is 0 Å². The lowest BCUT2D eigenvalue weighted by atomic mass is 10.1. The number of carbonyl (C=O) groups excluding carboxylic acids is 1. The SMILES string of the molecule is Cc1ccc(NC(=O)CCN(c2cccc(Cl)c2)S(C)(=O)=O)cc1C. The van der Waals surface area contributed by atoms with Gasteiger partial charge in [-0.05, 0) is 55.3 Å². The fourth-order valence-electron chi connectivity index (χ4n) is 2.36. The van der Waals surface area contributed by atoms with Crippen molar-refractivity contribution in [2.75, 3.05) is 22.4 Å². The van der Waals surface area contributed by atoms with Gasteiger partial charge in [0.2, 0.25) is 15.9 Å². The fourth-order valence-corrected chi connectivity index (χ4v) is 3.47. The second kappa shape index (κ2) is 7.89. The fraction of sp³-hybridized carbons (Fsp3) is 0.278. The Morgan fingerprint density at radius 2 is 1.84 bits per heavy atom. The van der Waals surface area contributed by atoms with Gasteiger partial charge >= 0.3 is 0 Å². The summed E-state index contributed by atoms with van der Waals surface area (Å²) >= 11 is 5.94. The van der Waals surface area contributed by atoms with Gasteiger partial charge in [-0.15, -0.1) is 0 Å². The summed E-state index contributed by atoms with van der Waals surface area (Å²) in [7, 11) is -3.52. The van der Waals surface area contributed by atoms with Crippen LogP contribution in [0.4, 0.5) is 11.4 Å². The van der Waals surface area contributed by atoms with Crippen LogP contribution < -0.4 is 9.62 Å². The van der Waals surface area contributed by atoms with Crippen LogP contribution in [0.5, 0.6) is 0 Å². The summed E-state index contributed by atoms with van der Waals surface area (Å²) < 4.78 is 25.3. The summed E-state index contributed by atoms with van der Waals surface area (Å²) in [4.78, 5) is 12.2. The highest BCUT2D eigenvalue weighted by Crippen LogP contribution is 2.22. The Bertz CT molecular complexity index is 882. The van der Waals surface area contributed by atoms with Crippen LogP contribution in [0.25, 0.3) is 0 Å². The van der Waals surface area contributed by atoms with E-state index < -0.39 is 10.0 Å². The van der Waals surface area contributed by atoms with Gasteiger partial charge < -0.3 is 5.32 Å². The smallest absolute Gasteiger partial charge is 0.232 e. The molecule has 1 amide bonds. The molecule has 5 nitrogen and oxygen atoms in total. The van der Waals surface area contributed by atoms with E-state index in [2.05, 4.69) is 5.32 Å². The maximum Gasteiger partial charge on any atom is 0.232 e. The van der Waals surface area contributed by atoms with Crippen LogP contribution in [0.2, 0.25) is 5.02 Å². The maximum absolute atomic E-state index is 12.2. The Balaban J connectivity index is 2.07. The number of rotatable bonds is 6. The predicted octanol–water partition coefficient (Wildman–Crippen LogP) is 3.75. The summed E-state index contributed by atoms with van der Waals surface area (Å²) in [6.07, 6.45) is 1.14. The molecule has 0 unspecified atom stereocenters. The molecule has 0 fully saturated rings. The minimum Gasteiger partial charge on any atom is -0.326 e. The monoisotopic (exact) mass is 380 g/mol. The molecule has 2 rings (SSSR count). The zero-order chi connectivity index (χ0) is 18.6. The lowest BCUT2D eigenvalue weighted by Crippen LogP contribution is -2.33. The Morgan fingerprint density at radius 1 is 1.12 bits per heavy atom. The van der Waals surface area contributed by atoms with Crippen LogP contribution in [-0.4, -0.2) is 27.1 Å². The molecule has 0 bridgehead atoms. The first-order chi connectivity index (χ1) is 11.7. The van der Waals surface area contributed by atoms with E-state index in [4.69, 9.17) is 11.6 Å². The summed E-state index contributed by atoms with van der Waals surface area (Å²) in [6.45, 7) is 4.00. The average molecular weight is 381 g/mol. The van der Waals surface area contributed by atoms with Crippen molar-refractivity contribution < 1.29 is 13.2 Å². The van der Waals surface area contributed by atoms with Gasteiger partial charge in [0.15, 0.2) is 0 Å². The topological polar surface area (TPSA) is 66.5 Å². The number of anilines is 2. The number of benzene rings is 2. The molecule has 0 atom stereocenters. The molecular weight excluding hydrogens is 360 g/mol. The molecule has 25 heavy (non-hydrogen) atoms. The molecule has 0 spiro atoms. The molecule has 0 heterocycles.